The maximum absolute atomic E-state index is 2.40. The first-order valence-corrected chi connectivity index (χ1v) is 6.28. The highest BCUT2D eigenvalue weighted by Crippen LogP contribution is 2.48. The topological polar surface area (TPSA) is 0 Å². The average Bonchev–Trinajstić information content (AvgIpc) is 1.89. The Morgan fingerprint density at radius 3 is 2.40 bits per heavy atom. The van der Waals surface area contributed by atoms with E-state index in [0.717, 1.165) is 5.92 Å². The van der Waals surface area contributed by atoms with Crippen LogP contribution in [-0.4, -0.2) is 10.5 Å². The summed E-state index contributed by atoms with van der Waals surface area (Å²) in [6, 6.07) is 0. The molecule has 0 amide bonds. The van der Waals surface area contributed by atoms with Crippen molar-refractivity contribution in [3.63, 3.8) is 0 Å². The zero-order chi connectivity index (χ0) is 7.61. The van der Waals surface area contributed by atoms with Crippen LogP contribution in [0.2, 0.25) is 0 Å². The summed E-state index contributed by atoms with van der Waals surface area (Å²) in [5.74, 6) is 2.18. The molecule has 0 aromatic rings. The molecule has 0 N–H and O–H groups in total. The zero-order valence-electron chi connectivity index (χ0n) is 7.02. The highest BCUT2D eigenvalue weighted by atomic mass is 33.1. The minimum Gasteiger partial charge on any atom is -0.0936 e. The first kappa shape index (κ1) is 8.79. The number of hydrogen-bond donors (Lipinski definition) is 0. The van der Waals surface area contributed by atoms with E-state index in [9.17, 15) is 0 Å². The summed E-state index contributed by atoms with van der Waals surface area (Å²) in [7, 11) is 4.14. The van der Waals surface area contributed by atoms with Crippen molar-refractivity contribution in [2.45, 2.75) is 38.4 Å². The molecular formula is C8H16S2. The lowest BCUT2D eigenvalue weighted by Crippen LogP contribution is -2.28. The maximum atomic E-state index is 2.40. The van der Waals surface area contributed by atoms with Crippen LogP contribution in [0.4, 0.5) is 0 Å². The van der Waals surface area contributed by atoms with Crippen LogP contribution in [0.3, 0.4) is 0 Å². The molecule has 10 heavy (non-hydrogen) atoms. The third-order valence-corrected chi connectivity index (χ3v) is 6.00. The van der Waals surface area contributed by atoms with Gasteiger partial charge in [-0.2, -0.15) is 0 Å². The Hall–Kier alpha value is 0.700. The Bertz CT molecular complexity index is 104. The zero-order valence-corrected chi connectivity index (χ0v) is 8.65. The molecule has 0 aliphatic carbocycles. The van der Waals surface area contributed by atoms with Crippen molar-refractivity contribution in [2.75, 3.05) is 5.75 Å². The quantitative estimate of drug-likeness (QED) is 0.560. The lowest BCUT2D eigenvalue weighted by Gasteiger charge is -2.35. The molecule has 1 heterocycles. The summed E-state index contributed by atoms with van der Waals surface area (Å²) < 4.78 is 0.558. The molecule has 1 atom stereocenters. The van der Waals surface area contributed by atoms with Gasteiger partial charge in [0.15, 0.2) is 0 Å². The third kappa shape index (κ3) is 1.85. The molecule has 0 spiro atoms. The van der Waals surface area contributed by atoms with Gasteiger partial charge in [0.25, 0.3) is 0 Å². The molecular weight excluding hydrogens is 160 g/mol. The van der Waals surface area contributed by atoms with Crippen LogP contribution < -0.4 is 0 Å². The van der Waals surface area contributed by atoms with E-state index in [1.54, 1.807) is 0 Å². The third-order valence-electron chi connectivity index (χ3n) is 2.37. The largest absolute Gasteiger partial charge is 0.0936 e. The fraction of sp³-hybridized carbons (Fsp3) is 1.00. The lowest BCUT2D eigenvalue weighted by molar-refractivity contribution is 0.436. The highest BCUT2D eigenvalue weighted by Gasteiger charge is 2.31. The van der Waals surface area contributed by atoms with Gasteiger partial charge in [0.05, 0.1) is 0 Å². The standard InChI is InChI=1S/C8H16S2/c1-7(2)8(3)5-4-6-9-10-8/h7H,4-6H2,1-3H3. The van der Waals surface area contributed by atoms with Crippen molar-refractivity contribution in [3.05, 3.63) is 0 Å². The van der Waals surface area contributed by atoms with E-state index in [2.05, 4.69) is 31.6 Å². The normalized spacial score (nSPS) is 34.8. The molecule has 0 nitrogen and oxygen atoms in total. The molecule has 0 aromatic heterocycles. The van der Waals surface area contributed by atoms with Gasteiger partial charge in [0.2, 0.25) is 0 Å². The second-order valence-electron chi connectivity index (χ2n) is 3.48. The molecule has 2 heteroatoms. The summed E-state index contributed by atoms with van der Waals surface area (Å²) in [6.45, 7) is 7.06. The number of rotatable bonds is 1. The fourth-order valence-electron chi connectivity index (χ4n) is 1.08. The van der Waals surface area contributed by atoms with Crippen molar-refractivity contribution in [3.8, 4) is 0 Å². The molecule has 1 unspecified atom stereocenters. The summed E-state index contributed by atoms with van der Waals surface area (Å²) in [6.07, 6.45) is 2.81. The molecule has 1 saturated heterocycles. The molecule has 1 aliphatic rings. The van der Waals surface area contributed by atoms with Crippen molar-refractivity contribution in [1.82, 2.24) is 0 Å². The fourth-order valence-corrected chi connectivity index (χ4v) is 4.36. The summed E-state index contributed by atoms with van der Waals surface area (Å²) >= 11 is 0. The van der Waals surface area contributed by atoms with Gasteiger partial charge in [-0.15, -0.1) is 0 Å². The van der Waals surface area contributed by atoms with E-state index in [1.807, 2.05) is 10.8 Å². The minimum atomic E-state index is 0.558. The van der Waals surface area contributed by atoms with Gasteiger partial charge in [-0.3, -0.25) is 0 Å². The molecule has 1 aliphatic heterocycles. The Labute approximate surface area is 71.9 Å². The van der Waals surface area contributed by atoms with Gasteiger partial charge in [0, 0.05) is 10.5 Å². The van der Waals surface area contributed by atoms with E-state index < -0.39 is 0 Å². The van der Waals surface area contributed by atoms with E-state index in [0.29, 0.717) is 4.75 Å². The van der Waals surface area contributed by atoms with Gasteiger partial charge >= 0.3 is 0 Å². The van der Waals surface area contributed by atoms with Crippen LogP contribution in [0.25, 0.3) is 0 Å². The Balaban J connectivity index is 2.48. The van der Waals surface area contributed by atoms with Gasteiger partial charge in [0.1, 0.15) is 0 Å². The van der Waals surface area contributed by atoms with Crippen LogP contribution in [0, 0.1) is 5.92 Å². The molecule has 0 bridgehead atoms. The van der Waals surface area contributed by atoms with Crippen LogP contribution >= 0.6 is 21.6 Å². The molecule has 0 radical (unpaired) electrons. The molecule has 1 rings (SSSR count). The molecule has 0 aromatic carbocycles. The van der Waals surface area contributed by atoms with Gasteiger partial charge in [-0.1, -0.05) is 35.4 Å². The average molecular weight is 176 g/mol. The van der Waals surface area contributed by atoms with Gasteiger partial charge in [-0.05, 0) is 25.7 Å². The predicted octanol–water partition coefficient (Wildman–Crippen LogP) is 3.58. The van der Waals surface area contributed by atoms with E-state index in [1.165, 1.54) is 18.6 Å². The van der Waals surface area contributed by atoms with E-state index in [-0.39, 0.29) is 0 Å². The second kappa shape index (κ2) is 3.40. The lowest BCUT2D eigenvalue weighted by atomic mass is 9.92. The van der Waals surface area contributed by atoms with Crippen molar-refractivity contribution < 1.29 is 0 Å². The Morgan fingerprint density at radius 2 is 2.10 bits per heavy atom. The van der Waals surface area contributed by atoms with Crippen molar-refractivity contribution in [2.24, 2.45) is 5.92 Å². The van der Waals surface area contributed by atoms with Crippen molar-refractivity contribution in [1.29, 1.82) is 0 Å². The first-order chi connectivity index (χ1) is 4.65. The molecule has 60 valence electrons. The van der Waals surface area contributed by atoms with Gasteiger partial charge < -0.3 is 0 Å². The second-order valence-corrected chi connectivity index (χ2v) is 6.43. The van der Waals surface area contributed by atoms with E-state index >= 15 is 0 Å². The Kier molecular flexibility index (Phi) is 2.99. The Morgan fingerprint density at radius 1 is 1.40 bits per heavy atom. The highest BCUT2D eigenvalue weighted by molar-refractivity contribution is 8.77. The first-order valence-electron chi connectivity index (χ1n) is 3.96. The minimum absolute atomic E-state index is 0.558. The SMILES string of the molecule is CC(C)C1(C)CCCSS1. The summed E-state index contributed by atoms with van der Waals surface area (Å²) in [4.78, 5) is 0. The summed E-state index contributed by atoms with van der Waals surface area (Å²) in [5, 5.41) is 0. The molecule has 0 saturated carbocycles. The maximum Gasteiger partial charge on any atom is 0.0258 e. The van der Waals surface area contributed by atoms with Crippen LogP contribution in [-0.2, 0) is 0 Å². The smallest absolute Gasteiger partial charge is 0.0258 e. The van der Waals surface area contributed by atoms with Crippen LogP contribution in [0.5, 0.6) is 0 Å². The van der Waals surface area contributed by atoms with Crippen LogP contribution in [0.15, 0.2) is 0 Å². The molecule has 1 fully saturated rings. The van der Waals surface area contributed by atoms with E-state index in [4.69, 9.17) is 0 Å². The number of hydrogen-bond acceptors (Lipinski definition) is 2. The monoisotopic (exact) mass is 176 g/mol. The van der Waals surface area contributed by atoms with Gasteiger partial charge in [-0.25, -0.2) is 0 Å². The van der Waals surface area contributed by atoms with Crippen LogP contribution in [0.1, 0.15) is 33.6 Å². The predicted molar refractivity (Wildman–Crippen MR) is 52.5 cm³/mol. The summed E-state index contributed by atoms with van der Waals surface area (Å²) in [5.41, 5.74) is 0. The van der Waals surface area contributed by atoms with Crippen molar-refractivity contribution >= 4 is 21.6 Å².